The van der Waals surface area contributed by atoms with Crippen LogP contribution in [0.4, 0.5) is 0 Å². The van der Waals surface area contributed by atoms with E-state index in [2.05, 4.69) is 27.2 Å². The number of aromatic nitrogens is 4. The van der Waals surface area contributed by atoms with E-state index in [1.165, 1.54) is 0 Å². The van der Waals surface area contributed by atoms with E-state index >= 15 is 0 Å². The van der Waals surface area contributed by atoms with Crippen LogP contribution in [0.3, 0.4) is 0 Å². The lowest BCUT2D eigenvalue weighted by atomic mass is 10.1. The van der Waals surface area contributed by atoms with Crippen molar-refractivity contribution in [3.05, 3.63) is 78.2 Å². The molecule has 0 unspecified atom stereocenters. The van der Waals surface area contributed by atoms with Crippen LogP contribution in [0.25, 0.3) is 17.0 Å². The van der Waals surface area contributed by atoms with Crippen LogP contribution in [0, 0.1) is 0 Å². The molecule has 0 fully saturated rings. The predicted molar refractivity (Wildman–Crippen MR) is 96.4 cm³/mol. The summed E-state index contributed by atoms with van der Waals surface area (Å²) in [6.07, 6.45) is 2.55. The Bertz CT molecular complexity index is 978. The molecule has 0 saturated carbocycles. The lowest BCUT2D eigenvalue weighted by molar-refractivity contribution is 0.306. The van der Waals surface area contributed by atoms with Crippen LogP contribution in [0.5, 0.6) is 5.75 Å². The van der Waals surface area contributed by atoms with E-state index < -0.39 is 0 Å². The number of hydrogen-bond acceptors (Lipinski definition) is 4. The molecular weight excluding hydrogens is 312 g/mol. The van der Waals surface area contributed by atoms with Gasteiger partial charge in [-0.05, 0) is 35.9 Å². The number of ether oxygens (including phenoxy) is 1. The molecule has 2 aromatic heterocycles. The first-order chi connectivity index (χ1) is 12.3. The maximum atomic E-state index is 5.84. The van der Waals surface area contributed by atoms with Crippen molar-refractivity contribution in [3.8, 4) is 17.0 Å². The van der Waals surface area contributed by atoms with Crippen molar-refractivity contribution in [3.63, 3.8) is 0 Å². The van der Waals surface area contributed by atoms with Gasteiger partial charge in [-0.3, -0.25) is 0 Å². The summed E-state index contributed by atoms with van der Waals surface area (Å²) in [6, 6.07) is 20.1. The van der Waals surface area contributed by atoms with Crippen LogP contribution in [0.2, 0.25) is 0 Å². The Hall–Kier alpha value is -3.21. The smallest absolute Gasteiger partial charge is 0.252 e. The van der Waals surface area contributed by atoms with Gasteiger partial charge in [-0.25, -0.2) is 4.98 Å². The maximum absolute atomic E-state index is 5.84. The van der Waals surface area contributed by atoms with Crippen molar-refractivity contribution >= 4 is 5.78 Å². The van der Waals surface area contributed by atoms with Gasteiger partial charge in [0, 0.05) is 18.2 Å². The van der Waals surface area contributed by atoms with E-state index in [1.807, 2.05) is 55.5 Å². The molecule has 0 radical (unpaired) electrons. The second-order valence-electron chi connectivity index (χ2n) is 5.72. The minimum absolute atomic E-state index is 0.558. The molecule has 25 heavy (non-hydrogen) atoms. The molecule has 5 heteroatoms. The molecule has 4 rings (SSSR count). The fraction of sp³-hybridized carbons (Fsp3) is 0.150. The maximum Gasteiger partial charge on any atom is 0.252 e. The van der Waals surface area contributed by atoms with Gasteiger partial charge in [-0.2, -0.15) is 9.50 Å². The first-order valence-electron chi connectivity index (χ1n) is 8.31. The minimum Gasteiger partial charge on any atom is -0.489 e. The Morgan fingerprint density at radius 1 is 0.960 bits per heavy atom. The van der Waals surface area contributed by atoms with Gasteiger partial charge in [0.15, 0.2) is 5.82 Å². The molecule has 0 saturated heterocycles. The third kappa shape index (κ3) is 3.21. The summed E-state index contributed by atoms with van der Waals surface area (Å²) >= 11 is 0. The van der Waals surface area contributed by atoms with Gasteiger partial charge in [0.2, 0.25) is 0 Å². The van der Waals surface area contributed by atoms with E-state index in [0.717, 1.165) is 34.8 Å². The minimum atomic E-state index is 0.558. The second kappa shape index (κ2) is 6.73. The van der Waals surface area contributed by atoms with Crippen LogP contribution < -0.4 is 4.74 Å². The average Bonchev–Trinajstić information content (AvgIpc) is 3.11. The Kier molecular flexibility index (Phi) is 4.12. The molecule has 0 N–H and O–H groups in total. The fourth-order valence-electron chi connectivity index (χ4n) is 2.67. The molecular formula is C20H18N4O. The standard InChI is InChI=1S/C20H18N4O/c1-2-19-22-20-21-13-12-18(24(20)23-19)16-8-10-17(11-9-16)25-14-15-6-4-3-5-7-15/h3-13H,2,14H2,1H3. The zero-order valence-corrected chi connectivity index (χ0v) is 14.0. The third-order valence-corrected chi connectivity index (χ3v) is 4.00. The highest BCUT2D eigenvalue weighted by molar-refractivity contribution is 5.62. The lowest BCUT2D eigenvalue weighted by Gasteiger charge is -2.08. The van der Waals surface area contributed by atoms with Gasteiger partial charge in [0.25, 0.3) is 5.78 Å². The summed E-state index contributed by atoms with van der Waals surface area (Å²) in [4.78, 5) is 8.70. The predicted octanol–water partition coefficient (Wildman–Crippen LogP) is 3.93. The van der Waals surface area contributed by atoms with Gasteiger partial charge in [0.1, 0.15) is 12.4 Å². The van der Waals surface area contributed by atoms with Gasteiger partial charge in [0.05, 0.1) is 5.69 Å². The molecule has 2 aromatic carbocycles. The van der Waals surface area contributed by atoms with Crippen LogP contribution in [-0.2, 0) is 13.0 Å². The molecule has 0 aliphatic heterocycles. The van der Waals surface area contributed by atoms with Crippen LogP contribution in [-0.4, -0.2) is 19.6 Å². The largest absolute Gasteiger partial charge is 0.489 e. The zero-order chi connectivity index (χ0) is 17.1. The van der Waals surface area contributed by atoms with Crippen molar-refractivity contribution in [2.45, 2.75) is 20.0 Å². The van der Waals surface area contributed by atoms with Gasteiger partial charge < -0.3 is 4.74 Å². The summed E-state index contributed by atoms with van der Waals surface area (Å²) < 4.78 is 7.64. The molecule has 4 aromatic rings. The monoisotopic (exact) mass is 330 g/mol. The van der Waals surface area contributed by atoms with Crippen LogP contribution >= 0.6 is 0 Å². The van der Waals surface area contributed by atoms with Gasteiger partial charge in [-0.1, -0.05) is 37.3 Å². The molecule has 0 atom stereocenters. The molecule has 2 heterocycles. The van der Waals surface area contributed by atoms with E-state index in [4.69, 9.17) is 4.74 Å². The van der Waals surface area contributed by atoms with Crippen LogP contribution in [0.1, 0.15) is 18.3 Å². The Balaban J connectivity index is 1.57. The Morgan fingerprint density at radius 2 is 1.76 bits per heavy atom. The molecule has 0 aliphatic rings. The first-order valence-corrected chi connectivity index (χ1v) is 8.31. The third-order valence-electron chi connectivity index (χ3n) is 4.00. The summed E-state index contributed by atoms with van der Waals surface area (Å²) in [5.41, 5.74) is 3.16. The van der Waals surface area contributed by atoms with Gasteiger partial charge in [-0.15, -0.1) is 5.10 Å². The second-order valence-corrected chi connectivity index (χ2v) is 5.72. The molecule has 0 spiro atoms. The first kappa shape index (κ1) is 15.3. The number of hydrogen-bond donors (Lipinski definition) is 0. The lowest BCUT2D eigenvalue weighted by Crippen LogP contribution is -1.97. The quantitative estimate of drug-likeness (QED) is 0.556. The number of fused-ring (bicyclic) bond motifs is 1. The fourth-order valence-corrected chi connectivity index (χ4v) is 2.67. The van der Waals surface area contributed by atoms with E-state index in [-0.39, 0.29) is 0 Å². The summed E-state index contributed by atoms with van der Waals surface area (Å²) in [5.74, 6) is 2.26. The molecule has 0 amide bonds. The van der Waals surface area contributed by atoms with Gasteiger partial charge >= 0.3 is 0 Å². The highest BCUT2D eigenvalue weighted by Gasteiger charge is 2.09. The highest BCUT2D eigenvalue weighted by atomic mass is 16.5. The average molecular weight is 330 g/mol. The number of nitrogens with zero attached hydrogens (tertiary/aromatic N) is 4. The van der Waals surface area contributed by atoms with E-state index in [9.17, 15) is 0 Å². The van der Waals surface area contributed by atoms with Crippen molar-refractivity contribution in [1.29, 1.82) is 0 Å². The van der Waals surface area contributed by atoms with Crippen molar-refractivity contribution < 1.29 is 4.74 Å². The van der Waals surface area contributed by atoms with Crippen molar-refractivity contribution in [2.75, 3.05) is 0 Å². The summed E-state index contributed by atoms with van der Waals surface area (Å²) in [7, 11) is 0. The topological polar surface area (TPSA) is 52.3 Å². The Labute approximate surface area is 145 Å². The summed E-state index contributed by atoms with van der Waals surface area (Å²) in [5, 5.41) is 4.52. The molecule has 0 aliphatic carbocycles. The normalized spacial score (nSPS) is 10.9. The Morgan fingerprint density at radius 3 is 2.52 bits per heavy atom. The molecule has 124 valence electrons. The molecule has 0 bridgehead atoms. The zero-order valence-electron chi connectivity index (χ0n) is 14.0. The number of rotatable bonds is 5. The van der Waals surface area contributed by atoms with Crippen molar-refractivity contribution in [1.82, 2.24) is 19.6 Å². The summed E-state index contributed by atoms with van der Waals surface area (Å²) in [6.45, 7) is 2.59. The van der Waals surface area contributed by atoms with Crippen molar-refractivity contribution in [2.24, 2.45) is 0 Å². The SMILES string of the molecule is CCc1nc2nccc(-c3ccc(OCc4ccccc4)cc3)n2n1. The number of benzene rings is 2. The van der Waals surface area contributed by atoms with E-state index in [1.54, 1.807) is 10.7 Å². The van der Waals surface area contributed by atoms with E-state index in [0.29, 0.717) is 12.4 Å². The molecule has 5 nitrogen and oxygen atoms in total. The highest BCUT2D eigenvalue weighted by Crippen LogP contribution is 2.23. The van der Waals surface area contributed by atoms with Crippen LogP contribution in [0.15, 0.2) is 66.9 Å². The number of aryl methyl sites for hydroxylation is 1.